The SMILES string of the molecule is Oc1ccc(CCNc2c(F)cncc2F)cc1. The van der Waals surface area contributed by atoms with Crippen LogP contribution in [0.1, 0.15) is 5.56 Å². The number of nitrogens with one attached hydrogen (secondary N) is 1. The number of aromatic nitrogens is 1. The second-order valence-electron chi connectivity index (χ2n) is 3.82. The summed E-state index contributed by atoms with van der Waals surface area (Å²) in [5.41, 5.74) is 0.805. The Labute approximate surface area is 103 Å². The minimum Gasteiger partial charge on any atom is -0.508 e. The highest BCUT2D eigenvalue weighted by atomic mass is 19.1. The summed E-state index contributed by atoms with van der Waals surface area (Å²) in [4.78, 5) is 3.40. The highest BCUT2D eigenvalue weighted by molar-refractivity contribution is 5.44. The number of benzene rings is 1. The van der Waals surface area contributed by atoms with Crippen LogP contribution in [-0.2, 0) is 6.42 Å². The van der Waals surface area contributed by atoms with Crippen molar-refractivity contribution in [3.05, 3.63) is 53.9 Å². The van der Waals surface area contributed by atoms with Gasteiger partial charge in [-0.1, -0.05) is 12.1 Å². The third-order valence-corrected chi connectivity index (χ3v) is 2.51. The number of hydrogen-bond acceptors (Lipinski definition) is 3. The van der Waals surface area contributed by atoms with Crippen molar-refractivity contribution in [1.82, 2.24) is 4.98 Å². The molecule has 0 spiro atoms. The van der Waals surface area contributed by atoms with Crippen LogP contribution in [0, 0.1) is 11.6 Å². The maximum absolute atomic E-state index is 13.2. The van der Waals surface area contributed by atoms with Crippen LogP contribution >= 0.6 is 0 Å². The standard InChI is InChI=1S/C13H12F2N2O/c14-11-7-16-8-12(15)13(11)17-6-5-9-1-3-10(18)4-2-9/h1-4,7-8,18H,5-6H2,(H,16,17). The van der Waals surface area contributed by atoms with Crippen LogP contribution in [0.15, 0.2) is 36.7 Å². The lowest BCUT2D eigenvalue weighted by Crippen LogP contribution is -2.08. The van der Waals surface area contributed by atoms with Crippen molar-refractivity contribution in [3.63, 3.8) is 0 Å². The molecule has 0 amide bonds. The van der Waals surface area contributed by atoms with E-state index in [2.05, 4.69) is 10.3 Å². The molecule has 1 aromatic carbocycles. The number of phenolic OH excluding ortho intramolecular Hbond substituents is 1. The number of pyridine rings is 1. The molecule has 5 heteroatoms. The molecule has 2 rings (SSSR count). The molecule has 0 aliphatic heterocycles. The Kier molecular flexibility index (Phi) is 3.72. The van der Waals surface area contributed by atoms with Gasteiger partial charge in [-0.15, -0.1) is 0 Å². The molecule has 3 nitrogen and oxygen atoms in total. The number of hydrogen-bond donors (Lipinski definition) is 2. The molecule has 0 bridgehead atoms. The number of nitrogens with zero attached hydrogens (tertiary/aromatic N) is 1. The van der Waals surface area contributed by atoms with Gasteiger partial charge in [0.25, 0.3) is 0 Å². The Balaban J connectivity index is 1.94. The van der Waals surface area contributed by atoms with Crippen molar-refractivity contribution in [2.75, 3.05) is 11.9 Å². The van der Waals surface area contributed by atoms with Crippen molar-refractivity contribution >= 4 is 5.69 Å². The molecule has 0 saturated carbocycles. The first-order valence-electron chi connectivity index (χ1n) is 5.47. The first-order valence-corrected chi connectivity index (χ1v) is 5.47. The fourth-order valence-electron chi connectivity index (χ4n) is 1.57. The molecule has 0 fully saturated rings. The first-order chi connectivity index (χ1) is 8.66. The molecule has 0 radical (unpaired) electrons. The van der Waals surface area contributed by atoms with Gasteiger partial charge in [-0.2, -0.15) is 0 Å². The maximum Gasteiger partial charge on any atom is 0.167 e. The monoisotopic (exact) mass is 250 g/mol. The lowest BCUT2D eigenvalue weighted by Gasteiger charge is -2.08. The quantitative estimate of drug-likeness (QED) is 0.877. The number of halogens is 2. The van der Waals surface area contributed by atoms with E-state index in [4.69, 9.17) is 5.11 Å². The van der Waals surface area contributed by atoms with Gasteiger partial charge in [0.15, 0.2) is 11.6 Å². The van der Waals surface area contributed by atoms with Crippen molar-refractivity contribution in [2.24, 2.45) is 0 Å². The minimum atomic E-state index is -0.708. The molecule has 0 aliphatic carbocycles. The number of phenols is 1. The normalized spacial score (nSPS) is 10.3. The Bertz CT molecular complexity index is 509. The summed E-state index contributed by atoms with van der Waals surface area (Å²) >= 11 is 0. The van der Waals surface area contributed by atoms with E-state index in [1.807, 2.05) is 0 Å². The van der Waals surface area contributed by atoms with Gasteiger partial charge in [0.1, 0.15) is 11.4 Å². The summed E-state index contributed by atoms with van der Waals surface area (Å²) in [7, 11) is 0. The summed E-state index contributed by atoms with van der Waals surface area (Å²) in [6.07, 6.45) is 2.53. The van der Waals surface area contributed by atoms with Gasteiger partial charge in [0.2, 0.25) is 0 Å². The summed E-state index contributed by atoms with van der Waals surface area (Å²) in [6.45, 7) is 0.391. The Morgan fingerprint density at radius 1 is 1.06 bits per heavy atom. The van der Waals surface area contributed by atoms with Crippen LogP contribution < -0.4 is 5.32 Å². The number of rotatable bonds is 4. The van der Waals surface area contributed by atoms with E-state index in [9.17, 15) is 8.78 Å². The molecule has 1 aromatic heterocycles. The van der Waals surface area contributed by atoms with Gasteiger partial charge < -0.3 is 10.4 Å². The zero-order valence-electron chi connectivity index (χ0n) is 9.53. The molecule has 1 heterocycles. The third-order valence-electron chi connectivity index (χ3n) is 2.51. The van der Waals surface area contributed by atoms with E-state index in [0.29, 0.717) is 13.0 Å². The van der Waals surface area contributed by atoms with Gasteiger partial charge in [-0.25, -0.2) is 8.78 Å². The zero-order chi connectivity index (χ0) is 13.0. The Morgan fingerprint density at radius 2 is 1.67 bits per heavy atom. The molecular formula is C13H12F2N2O. The third kappa shape index (κ3) is 2.94. The van der Waals surface area contributed by atoms with Gasteiger partial charge in [-0.3, -0.25) is 4.98 Å². The summed E-state index contributed by atoms with van der Waals surface area (Å²) in [5, 5.41) is 11.8. The second-order valence-corrected chi connectivity index (χ2v) is 3.82. The number of aromatic hydroxyl groups is 1. The van der Waals surface area contributed by atoms with E-state index in [1.165, 1.54) is 0 Å². The fraction of sp³-hybridized carbons (Fsp3) is 0.154. The van der Waals surface area contributed by atoms with Gasteiger partial charge in [0.05, 0.1) is 12.4 Å². The predicted octanol–water partition coefficient (Wildman–Crippen LogP) is 2.72. The molecule has 18 heavy (non-hydrogen) atoms. The Morgan fingerprint density at radius 3 is 2.28 bits per heavy atom. The average molecular weight is 250 g/mol. The van der Waals surface area contributed by atoms with Crippen LogP contribution in [-0.4, -0.2) is 16.6 Å². The van der Waals surface area contributed by atoms with Gasteiger partial charge in [0, 0.05) is 6.54 Å². The van der Waals surface area contributed by atoms with Crippen molar-refractivity contribution in [1.29, 1.82) is 0 Å². The van der Waals surface area contributed by atoms with E-state index in [1.54, 1.807) is 24.3 Å². The smallest absolute Gasteiger partial charge is 0.167 e. The second kappa shape index (κ2) is 5.44. The van der Waals surface area contributed by atoms with Crippen LogP contribution in [0.4, 0.5) is 14.5 Å². The summed E-state index contributed by atoms with van der Waals surface area (Å²) < 4.78 is 26.5. The van der Waals surface area contributed by atoms with Crippen LogP contribution in [0.25, 0.3) is 0 Å². The topological polar surface area (TPSA) is 45.1 Å². The average Bonchev–Trinajstić information content (AvgIpc) is 2.35. The Hall–Kier alpha value is -2.17. The lowest BCUT2D eigenvalue weighted by molar-refractivity contribution is 0.475. The van der Waals surface area contributed by atoms with Crippen LogP contribution in [0.2, 0.25) is 0 Å². The van der Waals surface area contributed by atoms with Crippen molar-refractivity contribution < 1.29 is 13.9 Å². The predicted molar refractivity (Wildman–Crippen MR) is 64.5 cm³/mol. The van der Waals surface area contributed by atoms with Gasteiger partial charge in [-0.05, 0) is 24.1 Å². The molecule has 0 aliphatic rings. The molecule has 2 N–H and O–H groups in total. The molecule has 0 unspecified atom stereocenters. The van der Waals surface area contributed by atoms with E-state index >= 15 is 0 Å². The molecule has 2 aromatic rings. The van der Waals surface area contributed by atoms with Crippen LogP contribution in [0.3, 0.4) is 0 Å². The molecule has 94 valence electrons. The molecule has 0 atom stereocenters. The van der Waals surface area contributed by atoms with Crippen molar-refractivity contribution in [2.45, 2.75) is 6.42 Å². The largest absolute Gasteiger partial charge is 0.508 e. The highest BCUT2D eigenvalue weighted by Crippen LogP contribution is 2.16. The first kappa shape index (κ1) is 12.3. The molecular weight excluding hydrogens is 238 g/mol. The zero-order valence-corrected chi connectivity index (χ0v) is 9.53. The fourth-order valence-corrected chi connectivity index (χ4v) is 1.57. The van der Waals surface area contributed by atoms with Gasteiger partial charge >= 0.3 is 0 Å². The summed E-state index contributed by atoms with van der Waals surface area (Å²) in [5.74, 6) is -1.22. The van der Waals surface area contributed by atoms with E-state index in [0.717, 1.165) is 18.0 Å². The van der Waals surface area contributed by atoms with E-state index in [-0.39, 0.29) is 11.4 Å². The molecule has 0 saturated heterocycles. The van der Waals surface area contributed by atoms with Crippen LogP contribution in [0.5, 0.6) is 5.75 Å². The van der Waals surface area contributed by atoms with Crippen molar-refractivity contribution in [3.8, 4) is 5.75 Å². The summed E-state index contributed by atoms with van der Waals surface area (Å²) in [6, 6.07) is 6.67. The number of anilines is 1. The minimum absolute atomic E-state index is 0.163. The maximum atomic E-state index is 13.2. The highest BCUT2D eigenvalue weighted by Gasteiger charge is 2.07. The lowest BCUT2D eigenvalue weighted by atomic mass is 10.1. The van der Waals surface area contributed by atoms with E-state index < -0.39 is 11.6 Å².